The van der Waals surface area contributed by atoms with Gasteiger partial charge in [0.15, 0.2) is 5.78 Å². The molecule has 2 aromatic rings. The van der Waals surface area contributed by atoms with Gasteiger partial charge in [-0.25, -0.2) is 0 Å². The van der Waals surface area contributed by atoms with Crippen molar-refractivity contribution in [3.8, 4) is 0 Å². The molecule has 3 rings (SSSR count). The van der Waals surface area contributed by atoms with Crippen LogP contribution in [0.4, 0.5) is 5.69 Å². The summed E-state index contributed by atoms with van der Waals surface area (Å²) in [5.41, 5.74) is 4.14. The van der Waals surface area contributed by atoms with Gasteiger partial charge in [0, 0.05) is 17.3 Å². The van der Waals surface area contributed by atoms with Gasteiger partial charge in [-0.15, -0.1) is 0 Å². The second-order valence-corrected chi connectivity index (χ2v) is 7.74. The second kappa shape index (κ2) is 8.44. The van der Waals surface area contributed by atoms with E-state index in [0.29, 0.717) is 10.6 Å². The molecule has 1 heterocycles. The third-order valence-electron chi connectivity index (χ3n) is 4.62. The van der Waals surface area contributed by atoms with Crippen molar-refractivity contribution >= 4 is 35.0 Å². The number of carbonyl (C=O) groups excluding carboxylic acids is 3. The predicted octanol–water partition coefficient (Wildman–Crippen LogP) is 3.85. The Morgan fingerprint density at radius 3 is 2.36 bits per heavy atom. The Bertz CT molecular complexity index is 961. The molecule has 1 aliphatic rings. The molecule has 0 unspecified atom stereocenters. The largest absolute Gasteiger partial charge is 0.324 e. The van der Waals surface area contributed by atoms with Crippen LogP contribution in [-0.4, -0.2) is 34.8 Å². The molecule has 0 atom stereocenters. The Labute approximate surface area is 168 Å². The molecule has 28 heavy (non-hydrogen) atoms. The number of hydrogen-bond donors (Lipinski definition) is 1. The number of nitrogens with zero attached hydrogens (tertiary/aromatic N) is 1. The van der Waals surface area contributed by atoms with Crippen LogP contribution in [0.3, 0.4) is 0 Å². The molecule has 0 bridgehead atoms. The van der Waals surface area contributed by atoms with Crippen molar-refractivity contribution < 1.29 is 14.4 Å². The minimum absolute atomic E-state index is 0.119. The molecule has 1 saturated heterocycles. The van der Waals surface area contributed by atoms with Gasteiger partial charge in [0.2, 0.25) is 11.8 Å². The molecule has 6 heteroatoms. The monoisotopic (exact) mass is 394 g/mol. The summed E-state index contributed by atoms with van der Waals surface area (Å²) in [5, 5.41) is 3.40. The van der Waals surface area contributed by atoms with E-state index in [9.17, 15) is 14.4 Å². The lowest BCUT2D eigenvalue weighted by atomic mass is 10.1. The van der Waals surface area contributed by atoms with E-state index in [1.54, 1.807) is 12.1 Å². The molecular weight excluding hydrogens is 372 g/mol. The molecule has 1 fully saturated rings. The lowest BCUT2D eigenvalue weighted by Crippen LogP contribution is -2.34. The summed E-state index contributed by atoms with van der Waals surface area (Å²) in [6, 6.07) is 13.1. The van der Waals surface area contributed by atoms with Crippen molar-refractivity contribution in [1.29, 1.82) is 0 Å². The third-order valence-corrected chi connectivity index (χ3v) is 5.65. The molecule has 0 saturated carbocycles. The van der Waals surface area contributed by atoms with E-state index in [1.165, 1.54) is 22.7 Å². The van der Waals surface area contributed by atoms with Crippen LogP contribution in [0, 0.1) is 20.8 Å². The minimum Gasteiger partial charge on any atom is -0.324 e. The second-order valence-electron chi connectivity index (χ2n) is 6.75. The quantitative estimate of drug-likeness (QED) is 0.618. The van der Waals surface area contributed by atoms with Gasteiger partial charge in [-0.3, -0.25) is 19.3 Å². The van der Waals surface area contributed by atoms with Crippen molar-refractivity contribution in [2.75, 3.05) is 17.6 Å². The Kier molecular flexibility index (Phi) is 5.99. The molecule has 0 aliphatic carbocycles. The summed E-state index contributed by atoms with van der Waals surface area (Å²) in [4.78, 5) is 38.8. The minimum atomic E-state index is -0.289. The topological polar surface area (TPSA) is 66.5 Å². The first-order valence-corrected chi connectivity index (χ1v) is 9.96. The lowest BCUT2D eigenvalue weighted by Gasteiger charge is -2.18. The number of anilines is 1. The lowest BCUT2D eigenvalue weighted by molar-refractivity contribution is -0.129. The number of hydrogen-bond acceptors (Lipinski definition) is 4. The summed E-state index contributed by atoms with van der Waals surface area (Å²) in [7, 11) is 0. The highest BCUT2D eigenvalue weighted by Crippen LogP contribution is 2.29. The SMILES string of the molecule is Cc1ccccc1C(=O)/C=C1\SCC(=O)N1CC(=O)Nc1c(C)cccc1C. The number of rotatable bonds is 5. The Morgan fingerprint density at radius 1 is 1.04 bits per heavy atom. The van der Waals surface area contributed by atoms with E-state index in [1.807, 2.05) is 51.1 Å². The van der Waals surface area contributed by atoms with Gasteiger partial charge < -0.3 is 5.32 Å². The molecule has 2 amide bonds. The predicted molar refractivity (Wildman–Crippen MR) is 112 cm³/mol. The fourth-order valence-electron chi connectivity index (χ4n) is 3.07. The number of amides is 2. The van der Waals surface area contributed by atoms with E-state index in [0.717, 1.165) is 22.4 Å². The molecular formula is C22H22N2O3S. The number of allylic oxidation sites excluding steroid dienone is 1. The van der Waals surface area contributed by atoms with Crippen molar-refractivity contribution in [2.24, 2.45) is 0 Å². The van der Waals surface area contributed by atoms with Gasteiger partial charge in [0.05, 0.1) is 10.8 Å². The van der Waals surface area contributed by atoms with Crippen LogP contribution in [0.5, 0.6) is 0 Å². The molecule has 1 N–H and O–H groups in total. The van der Waals surface area contributed by atoms with Crippen molar-refractivity contribution in [1.82, 2.24) is 4.90 Å². The van der Waals surface area contributed by atoms with E-state index in [2.05, 4.69) is 5.32 Å². The van der Waals surface area contributed by atoms with Crippen LogP contribution in [0.2, 0.25) is 0 Å². The van der Waals surface area contributed by atoms with Gasteiger partial charge >= 0.3 is 0 Å². The fraction of sp³-hybridized carbons (Fsp3) is 0.227. The number of nitrogens with one attached hydrogen (secondary N) is 1. The third kappa shape index (κ3) is 4.34. The summed E-state index contributed by atoms with van der Waals surface area (Å²) in [6.45, 7) is 5.60. The summed E-state index contributed by atoms with van der Waals surface area (Å²) in [5.74, 6) is -0.410. The number of benzene rings is 2. The molecule has 1 aliphatic heterocycles. The van der Waals surface area contributed by atoms with Gasteiger partial charge in [0.1, 0.15) is 6.54 Å². The molecule has 5 nitrogen and oxygen atoms in total. The maximum atomic E-state index is 12.6. The zero-order valence-electron chi connectivity index (χ0n) is 16.1. The van der Waals surface area contributed by atoms with Crippen LogP contribution in [0.25, 0.3) is 0 Å². The average Bonchev–Trinajstić information content (AvgIpc) is 2.98. The van der Waals surface area contributed by atoms with Crippen LogP contribution >= 0.6 is 11.8 Å². The molecule has 0 radical (unpaired) electrons. The van der Waals surface area contributed by atoms with Crippen LogP contribution in [-0.2, 0) is 9.59 Å². The average molecular weight is 394 g/mol. The highest BCUT2D eigenvalue weighted by Gasteiger charge is 2.29. The maximum absolute atomic E-state index is 12.6. The number of aryl methyl sites for hydroxylation is 3. The van der Waals surface area contributed by atoms with E-state index < -0.39 is 0 Å². The zero-order chi connectivity index (χ0) is 20.3. The van der Waals surface area contributed by atoms with Crippen LogP contribution in [0.1, 0.15) is 27.0 Å². The normalized spacial score (nSPS) is 15.2. The molecule has 144 valence electrons. The Morgan fingerprint density at radius 2 is 1.68 bits per heavy atom. The first-order valence-electron chi connectivity index (χ1n) is 8.97. The van der Waals surface area contributed by atoms with E-state index in [-0.39, 0.29) is 29.9 Å². The van der Waals surface area contributed by atoms with Crippen molar-refractivity contribution in [3.63, 3.8) is 0 Å². The Balaban J connectivity index is 1.76. The van der Waals surface area contributed by atoms with Gasteiger partial charge in [-0.05, 0) is 37.5 Å². The molecule has 2 aromatic carbocycles. The first kappa shape index (κ1) is 19.9. The van der Waals surface area contributed by atoms with Gasteiger partial charge in [-0.2, -0.15) is 0 Å². The van der Waals surface area contributed by atoms with Crippen LogP contribution < -0.4 is 5.32 Å². The first-order chi connectivity index (χ1) is 13.4. The summed E-state index contributed by atoms with van der Waals surface area (Å²) >= 11 is 1.28. The zero-order valence-corrected chi connectivity index (χ0v) is 16.9. The standard InChI is InChI=1S/C22H22N2O3S/c1-14-7-4-5-10-17(14)18(25)11-21-24(20(27)13-28-21)12-19(26)23-22-15(2)8-6-9-16(22)3/h4-11H,12-13H2,1-3H3,(H,23,26)/b21-11-. The Hall–Kier alpha value is -2.86. The number of para-hydroxylation sites is 1. The van der Waals surface area contributed by atoms with Crippen molar-refractivity contribution in [2.45, 2.75) is 20.8 Å². The highest BCUT2D eigenvalue weighted by atomic mass is 32.2. The van der Waals surface area contributed by atoms with Crippen LogP contribution in [0.15, 0.2) is 53.6 Å². The van der Waals surface area contributed by atoms with Crippen molar-refractivity contribution in [3.05, 3.63) is 75.8 Å². The fourth-order valence-corrected chi connectivity index (χ4v) is 4.01. The van der Waals surface area contributed by atoms with E-state index >= 15 is 0 Å². The number of carbonyl (C=O) groups is 3. The maximum Gasteiger partial charge on any atom is 0.244 e. The van der Waals surface area contributed by atoms with Gasteiger partial charge in [0.25, 0.3) is 0 Å². The highest BCUT2D eigenvalue weighted by molar-refractivity contribution is 8.04. The van der Waals surface area contributed by atoms with E-state index in [4.69, 9.17) is 0 Å². The summed E-state index contributed by atoms with van der Waals surface area (Å²) in [6.07, 6.45) is 1.45. The van der Waals surface area contributed by atoms with Gasteiger partial charge in [-0.1, -0.05) is 54.2 Å². The number of ketones is 1. The summed E-state index contributed by atoms with van der Waals surface area (Å²) < 4.78 is 0. The number of thioether (sulfide) groups is 1. The smallest absolute Gasteiger partial charge is 0.244 e. The molecule has 0 spiro atoms. The molecule has 0 aromatic heterocycles.